The van der Waals surface area contributed by atoms with Crippen LogP contribution in [-0.4, -0.2) is 22.6 Å². The van der Waals surface area contributed by atoms with Gasteiger partial charge in [-0.15, -0.1) is 0 Å². The van der Waals surface area contributed by atoms with Gasteiger partial charge in [-0.05, 0) is 12.3 Å². The van der Waals surface area contributed by atoms with Gasteiger partial charge in [0.25, 0.3) is 0 Å². The fraction of sp³-hybridized carbons (Fsp3) is 0.636. The van der Waals surface area contributed by atoms with Crippen LogP contribution in [0, 0.1) is 5.92 Å². The van der Waals surface area contributed by atoms with E-state index in [1.165, 1.54) is 26.4 Å². The summed E-state index contributed by atoms with van der Waals surface area (Å²) in [5.41, 5.74) is 6.04. The van der Waals surface area contributed by atoms with Gasteiger partial charge in [0.15, 0.2) is 5.69 Å². The van der Waals surface area contributed by atoms with Gasteiger partial charge in [0, 0.05) is 6.54 Å². The molecule has 88 valence electrons. The number of hydrogen-bond donors (Lipinski definition) is 1. The van der Waals surface area contributed by atoms with Gasteiger partial charge in [-0.1, -0.05) is 19.3 Å². The minimum absolute atomic E-state index is 0.219. The molecule has 0 aliphatic heterocycles. The summed E-state index contributed by atoms with van der Waals surface area (Å²) in [6.07, 6.45) is 6.70. The van der Waals surface area contributed by atoms with Crippen LogP contribution in [0.3, 0.4) is 0 Å². The third-order valence-corrected chi connectivity index (χ3v) is 3.26. The molecule has 0 atom stereocenters. The van der Waals surface area contributed by atoms with Crippen LogP contribution < -0.4 is 5.73 Å². The van der Waals surface area contributed by atoms with Gasteiger partial charge in [-0.3, -0.25) is 0 Å². The van der Waals surface area contributed by atoms with Gasteiger partial charge in [-0.25, -0.2) is 9.78 Å². The van der Waals surface area contributed by atoms with Gasteiger partial charge >= 0.3 is 5.97 Å². The molecule has 5 heteroatoms. The Labute approximate surface area is 94.6 Å². The van der Waals surface area contributed by atoms with E-state index in [2.05, 4.69) is 9.72 Å². The number of imidazole rings is 1. The number of aryl methyl sites for hydroxylation is 1. The molecule has 1 aromatic rings. The molecule has 1 aliphatic rings. The maximum absolute atomic E-state index is 11.3. The summed E-state index contributed by atoms with van der Waals surface area (Å²) in [7, 11) is 1.33. The SMILES string of the molecule is COC(=O)c1ncn(CCC2CCC2)c1N. The lowest BCUT2D eigenvalue weighted by Gasteiger charge is -2.25. The summed E-state index contributed by atoms with van der Waals surface area (Å²) in [5.74, 6) is 0.759. The van der Waals surface area contributed by atoms with E-state index in [-0.39, 0.29) is 5.69 Å². The molecule has 1 fully saturated rings. The fourth-order valence-electron chi connectivity index (χ4n) is 1.93. The first-order valence-corrected chi connectivity index (χ1v) is 5.61. The van der Waals surface area contributed by atoms with Crippen LogP contribution in [0.4, 0.5) is 5.82 Å². The number of carbonyl (C=O) groups excluding carboxylic acids is 1. The number of nitrogen functional groups attached to an aromatic ring is 1. The van der Waals surface area contributed by atoms with E-state index in [1.54, 1.807) is 6.33 Å². The molecule has 0 radical (unpaired) electrons. The van der Waals surface area contributed by atoms with Crippen LogP contribution in [0.25, 0.3) is 0 Å². The van der Waals surface area contributed by atoms with E-state index >= 15 is 0 Å². The zero-order valence-electron chi connectivity index (χ0n) is 9.48. The Hall–Kier alpha value is -1.52. The second-order valence-corrected chi connectivity index (χ2v) is 4.25. The number of carbonyl (C=O) groups is 1. The van der Waals surface area contributed by atoms with Crippen molar-refractivity contribution in [3.63, 3.8) is 0 Å². The van der Waals surface area contributed by atoms with E-state index < -0.39 is 5.97 Å². The number of hydrogen-bond acceptors (Lipinski definition) is 4. The summed E-state index contributed by atoms with van der Waals surface area (Å²) >= 11 is 0. The number of anilines is 1. The highest BCUT2D eigenvalue weighted by Crippen LogP contribution is 2.30. The zero-order chi connectivity index (χ0) is 11.5. The van der Waals surface area contributed by atoms with Gasteiger partial charge in [-0.2, -0.15) is 0 Å². The van der Waals surface area contributed by atoms with E-state index in [0.29, 0.717) is 5.82 Å². The number of aromatic nitrogens is 2. The molecule has 0 amide bonds. The van der Waals surface area contributed by atoms with Crippen molar-refractivity contribution in [2.45, 2.75) is 32.2 Å². The van der Waals surface area contributed by atoms with Crippen LogP contribution >= 0.6 is 0 Å². The molecule has 0 bridgehead atoms. The maximum Gasteiger partial charge on any atom is 0.360 e. The number of nitrogens with two attached hydrogens (primary N) is 1. The van der Waals surface area contributed by atoms with Crippen molar-refractivity contribution in [3.05, 3.63) is 12.0 Å². The summed E-state index contributed by atoms with van der Waals surface area (Å²) in [6, 6.07) is 0. The van der Waals surface area contributed by atoms with Crippen LogP contribution in [0.1, 0.15) is 36.2 Å². The van der Waals surface area contributed by atoms with Gasteiger partial charge in [0.1, 0.15) is 5.82 Å². The van der Waals surface area contributed by atoms with Crippen LogP contribution in [0.5, 0.6) is 0 Å². The predicted octanol–water partition coefficient (Wildman–Crippen LogP) is 1.44. The number of methoxy groups -OCH3 is 1. The van der Waals surface area contributed by atoms with Gasteiger partial charge in [0.05, 0.1) is 13.4 Å². The zero-order valence-corrected chi connectivity index (χ0v) is 9.48. The van der Waals surface area contributed by atoms with E-state index in [1.807, 2.05) is 4.57 Å². The first-order valence-electron chi connectivity index (χ1n) is 5.61. The first-order chi connectivity index (χ1) is 7.72. The van der Waals surface area contributed by atoms with Crippen molar-refractivity contribution >= 4 is 11.8 Å². The highest BCUT2D eigenvalue weighted by Gasteiger charge is 2.19. The van der Waals surface area contributed by atoms with Gasteiger partial charge < -0.3 is 15.0 Å². The van der Waals surface area contributed by atoms with Gasteiger partial charge in [0.2, 0.25) is 0 Å². The summed E-state index contributed by atoms with van der Waals surface area (Å²) < 4.78 is 6.42. The Balaban J connectivity index is 1.98. The molecular formula is C11H17N3O2. The maximum atomic E-state index is 11.3. The Morgan fingerprint density at radius 1 is 1.69 bits per heavy atom. The quantitative estimate of drug-likeness (QED) is 0.784. The Bertz CT molecular complexity index is 383. The molecule has 1 saturated carbocycles. The summed E-state index contributed by atoms with van der Waals surface area (Å²) in [6.45, 7) is 0.834. The highest BCUT2D eigenvalue weighted by molar-refractivity contribution is 5.91. The lowest BCUT2D eigenvalue weighted by molar-refractivity contribution is 0.0596. The van der Waals surface area contributed by atoms with Crippen molar-refractivity contribution in [1.82, 2.24) is 9.55 Å². The van der Waals surface area contributed by atoms with E-state index in [0.717, 1.165) is 18.9 Å². The predicted molar refractivity (Wildman–Crippen MR) is 59.9 cm³/mol. The third-order valence-electron chi connectivity index (χ3n) is 3.26. The van der Waals surface area contributed by atoms with Crippen molar-refractivity contribution < 1.29 is 9.53 Å². The number of esters is 1. The normalized spacial score (nSPS) is 15.8. The molecule has 0 aromatic carbocycles. The molecule has 5 nitrogen and oxygen atoms in total. The molecule has 1 aliphatic carbocycles. The molecular weight excluding hydrogens is 206 g/mol. The molecule has 2 N–H and O–H groups in total. The van der Waals surface area contributed by atoms with Crippen molar-refractivity contribution in [1.29, 1.82) is 0 Å². The Morgan fingerprint density at radius 2 is 2.44 bits per heavy atom. The first kappa shape index (κ1) is 11.0. The Morgan fingerprint density at radius 3 is 3.00 bits per heavy atom. The number of rotatable bonds is 4. The lowest BCUT2D eigenvalue weighted by Crippen LogP contribution is -2.15. The molecule has 1 aromatic heterocycles. The summed E-state index contributed by atoms with van der Waals surface area (Å²) in [5, 5.41) is 0. The average molecular weight is 223 g/mol. The van der Waals surface area contributed by atoms with Crippen molar-refractivity contribution in [3.8, 4) is 0 Å². The summed E-state index contributed by atoms with van der Waals surface area (Å²) in [4.78, 5) is 15.2. The van der Waals surface area contributed by atoms with Crippen LogP contribution in [0.15, 0.2) is 6.33 Å². The molecule has 2 rings (SSSR count). The minimum Gasteiger partial charge on any atom is -0.464 e. The molecule has 16 heavy (non-hydrogen) atoms. The molecule has 0 spiro atoms. The van der Waals surface area contributed by atoms with Crippen LogP contribution in [0.2, 0.25) is 0 Å². The largest absolute Gasteiger partial charge is 0.464 e. The smallest absolute Gasteiger partial charge is 0.360 e. The highest BCUT2D eigenvalue weighted by atomic mass is 16.5. The molecule has 0 unspecified atom stereocenters. The fourth-order valence-corrected chi connectivity index (χ4v) is 1.93. The van der Waals surface area contributed by atoms with Crippen molar-refractivity contribution in [2.75, 3.05) is 12.8 Å². The van der Waals surface area contributed by atoms with E-state index in [4.69, 9.17) is 5.73 Å². The van der Waals surface area contributed by atoms with E-state index in [9.17, 15) is 4.79 Å². The monoisotopic (exact) mass is 223 g/mol. The standard InChI is InChI=1S/C11H17N3O2/c1-16-11(15)9-10(12)14(7-13-9)6-5-8-3-2-4-8/h7-8H,2-6,12H2,1H3. The Kier molecular flexibility index (Phi) is 3.12. The third kappa shape index (κ3) is 2.03. The molecule has 0 saturated heterocycles. The number of nitrogens with zero attached hydrogens (tertiary/aromatic N) is 2. The second kappa shape index (κ2) is 4.55. The topological polar surface area (TPSA) is 70.1 Å². The average Bonchev–Trinajstić information content (AvgIpc) is 2.57. The number of ether oxygens (including phenoxy) is 1. The lowest BCUT2D eigenvalue weighted by atomic mass is 9.83. The second-order valence-electron chi connectivity index (χ2n) is 4.25. The molecule has 1 heterocycles. The van der Waals surface area contributed by atoms with Crippen molar-refractivity contribution in [2.24, 2.45) is 5.92 Å². The minimum atomic E-state index is -0.472. The van der Waals surface area contributed by atoms with Crippen LogP contribution in [-0.2, 0) is 11.3 Å².